The molecule has 0 unspecified atom stereocenters. The predicted molar refractivity (Wildman–Crippen MR) is 80.9 cm³/mol. The highest BCUT2D eigenvalue weighted by atomic mass is 32.1. The van der Waals surface area contributed by atoms with E-state index in [1.165, 1.54) is 11.3 Å². The quantitative estimate of drug-likeness (QED) is 0.827. The zero-order valence-corrected chi connectivity index (χ0v) is 12.8. The van der Waals surface area contributed by atoms with Crippen molar-refractivity contribution in [1.29, 1.82) is 0 Å². The Kier molecular flexibility index (Phi) is 4.99. The lowest BCUT2D eigenvalue weighted by atomic mass is 10.3. The Bertz CT molecular complexity index is 627. The summed E-state index contributed by atoms with van der Waals surface area (Å²) in [5, 5.41) is 5.37. The van der Waals surface area contributed by atoms with Crippen LogP contribution in [0.25, 0.3) is 0 Å². The van der Waals surface area contributed by atoms with Gasteiger partial charge in [-0.05, 0) is 19.1 Å². The van der Waals surface area contributed by atoms with Gasteiger partial charge < -0.3 is 19.5 Å². The standard InChI is InChI=1S/C14H16N2O4S/c1-4-20-13(17)10-8-21-14(16-10)15-9-5-6-11(18-2)12(7-9)19-3/h5-8H,4H2,1-3H3,(H,15,16). The minimum atomic E-state index is -0.422. The van der Waals surface area contributed by atoms with Gasteiger partial charge in [-0.15, -0.1) is 11.3 Å². The van der Waals surface area contributed by atoms with Crippen LogP contribution in [0, 0.1) is 0 Å². The first-order valence-electron chi connectivity index (χ1n) is 6.29. The third-order valence-electron chi connectivity index (χ3n) is 2.62. The maximum absolute atomic E-state index is 11.6. The van der Waals surface area contributed by atoms with Crippen molar-refractivity contribution in [3.05, 3.63) is 29.3 Å². The lowest BCUT2D eigenvalue weighted by Gasteiger charge is -2.09. The minimum absolute atomic E-state index is 0.296. The van der Waals surface area contributed by atoms with Gasteiger partial charge in [-0.1, -0.05) is 0 Å². The molecule has 1 heterocycles. The molecule has 2 aromatic rings. The Hall–Kier alpha value is -2.28. The summed E-state index contributed by atoms with van der Waals surface area (Å²) in [7, 11) is 3.15. The van der Waals surface area contributed by atoms with E-state index in [1.54, 1.807) is 38.7 Å². The molecule has 1 aromatic carbocycles. The summed E-state index contributed by atoms with van der Waals surface area (Å²) in [6, 6.07) is 5.43. The molecule has 6 nitrogen and oxygen atoms in total. The molecule has 1 aromatic heterocycles. The number of aromatic nitrogens is 1. The Balaban J connectivity index is 2.13. The number of esters is 1. The van der Waals surface area contributed by atoms with Crippen molar-refractivity contribution in [3.8, 4) is 11.5 Å². The van der Waals surface area contributed by atoms with Crippen molar-refractivity contribution in [1.82, 2.24) is 4.98 Å². The van der Waals surface area contributed by atoms with Gasteiger partial charge in [0.1, 0.15) is 0 Å². The van der Waals surface area contributed by atoms with Crippen LogP contribution in [0.1, 0.15) is 17.4 Å². The van der Waals surface area contributed by atoms with Crippen LogP contribution in [0.5, 0.6) is 11.5 Å². The largest absolute Gasteiger partial charge is 0.493 e. The number of anilines is 2. The van der Waals surface area contributed by atoms with Crippen LogP contribution >= 0.6 is 11.3 Å². The number of benzene rings is 1. The van der Waals surface area contributed by atoms with Gasteiger partial charge in [-0.25, -0.2) is 9.78 Å². The van der Waals surface area contributed by atoms with Crippen molar-refractivity contribution in [2.75, 3.05) is 26.1 Å². The highest BCUT2D eigenvalue weighted by molar-refractivity contribution is 7.14. The third-order valence-corrected chi connectivity index (χ3v) is 3.38. The molecule has 0 fully saturated rings. The molecule has 7 heteroatoms. The number of carbonyl (C=O) groups excluding carboxylic acids is 1. The Morgan fingerprint density at radius 2 is 2.05 bits per heavy atom. The molecule has 0 saturated heterocycles. The zero-order chi connectivity index (χ0) is 15.2. The highest BCUT2D eigenvalue weighted by Gasteiger charge is 2.12. The van der Waals surface area contributed by atoms with E-state index in [-0.39, 0.29) is 0 Å². The molecule has 0 amide bonds. The molecular formula is C14H16N2O4S. The van der Waals surface area contributed by atoms with Crippen LogP contribution in [0.4, 0.5) is 10.8 Å². The van der Waals surface area contributed by atoms with Crippen LogP contribution in [0.3, 0.4) is 0 Å². The number of nitrogens with one attached hydrogen (secondary N) is 1. The maximum atomic E-state index is 11.6. The summed E-state index contributed by atoms with van der Waals surface area (Å²) in [5.74, 6) is 0.841. The molecule has 0 aliphatic heterocycles. The number of methoxy groups -OCH3 is 2. The first-order chi connectivity index (χ1) is 10.2. The van der Waals surface area contributed by atoms with Crippen LogP contribution in [-0.4, -0.2) is 31.8 Å². The molecule has 0 bridgehead atoms. The fourth-order valence-electron chi connectivity index (χ4n) is 1.67. The zero-order valence-electron chi connectivity index (χ0n) is 12.0. The average Bonchev–Trinajstić information content (AvgIpc) is 2.96. The average molecular weight is 308 g/mol. The number of carbonyl (C=O) groups is 1. The van der Waals surface area contributed by atoms with Crippen LogP contribution in [0.15, 0.2) is 23.6 Å². The fraction of sp³-hybridized carbons (Fsp3) is 0.286. The Morgan fingerprint density at radius 3 is 2.71 bits per heavy atom. The molecule has 0 aliphatic carbocycles. The topological polar surface area (TPSA) is 69.7 Å². The minimum Gasteiger partial charge on any atom is -0.493 e. The van der Waals surface area contributed by atoms with Gasteiger partial charge >= 0.3 is 5.97 Å². The second-order valence-corrected chi connectivity index (χ2v) is 4.81. The van der Waals surface area contributed by atoms with Crippen LogP contribution < -0.4 is 14.8 Å². The van der Waals surface area contributed by atoms with E-state index >= 15 is 0 Å². The highest BCUT2D eigenvalue weighted by Crippen LogP contribution is 2.31. The second kappa shape index (κ2) is 6.94. The summed E-state index contributed by atoms with van der Waals surface area (Å²) in [6.07, 6.45) is 0. The van der Waals surface area contributed by atoms with Crippen molar-refractivity contribution in [3.63, 3.8) is 0 Å². The van der Waals surface area contributed by atoms with E-state index in [2.05, 4.69) is 10.3 Å². The molecule has 0 radical (unpaired) electrons. The van der Waals surface area contributed by atoms with E-state index in [4.69, 9.17) is 14.2 Å². The van der Waals surface area contributed by atoms with Crippen LogP contribution in [-0.2, 0) is 4.74 Å². The molecule has 0 atom stereocenters. The second-order valence-electron chi connectivity index (χ2n) is 3.95. The molecule has 112 valence electrons. The van der Waals surface area contributed by atoms with E-state index in [1.807, 2.05) is 6.07 Å². The molecule has 1 N–H and O–H groups in total. The monoisotopic (exact) mass is 308 g/mol. The summed E-state index contributed by atoms with van der Waals surface area (Å²) in [4.78, 5) is 15.7. The summed E-state index contributed by atoms with van der Waals surface area (Å²) < 4.78 is 15.3. The maximum Gasteiger partial charge on any atom is 0.357 e. The van der Waals surface area contributed by atoms with Crippen molar-refractivity contribution in [2.45, 2.75) is 6.92 Å². The van der Waals surface area contributed by atoms with Gasteiger partial charge in [0.25, 0.3) is 0 Å². The van der Waals surface area contributed by atoms with E-state index < -0.39 is 5.97 Å². The summed E-state index contributed by atoms with van der Waals surface area (Å²) in [5.41, 5.74) is 1.09. The normalized spacial score (nSPS) is 10.0. The van der Waals surface area contributed by atoms with Gasteiger partial charge in [0.15, 0.2) is 22.3 Å². The molecule has 21 heavy (non-hydrogen) atoms. The first kappa shape index (κ1) is 15.1. The van der Waals surface area contributed by atoms with E-state index in [0.29, 0.717) is 28.9 Å². The molecule has 0 aliphatic rings. The van der Waals surface area contributed by atoms with Crippen molar-refractivity contribution >= 4 is 28.1 Å². The number of hydrogen-bond acceptors (Lipinski definition) is 7. The number of hydrogen-bond donors (Lipinski definition) is 1. The van der Waals surface area contributed by atoms with Gasteiger partial charge in [0.2, 0.25) is 0 Å². The predicted octanol–water partition coefficient (Wildman–Crippen LogP) is 3.08. The SMILES string of the molecule is CCOC(=O)c1csc(Nc2ccc(OC)c(OC)c2)n1. The van der Waals surface area contributed by atoms with Crippen molar-refractivity contribution < 1.29 is 19.0 Å². The number of ether oxygens (including phenoxy) is 3. The number of thiazole rings is 1. The van der Waals surface area contributed by atoms with Crippen LogP contribution in [0.2, 0.25) is 0 Å². The van der Waals surface area contributed by atoms with Gasteiger partial charge in [0.05, 0.1) is 20.8 Å². The third kappa shape index (κ3) is 3.63. The molecular weight excluding hydrogens is 292 g/mol. The fourth-order valence-corrected chi connectivity index (χ4v) is 2.37. The Labute approximate surface area is 126 Å². The van der Waals surface area contributed by atoms with Gasteiger partial charge in [0, 0.05) is 17.1 Å². The number of rotatable bonds is 6. The molecule has 0 saturated carbocycles. The van der Waals surface area contributed by atoms with Crippen molar-refractivity contribution in [2.24, 2.45) is 0 Å². The van der Waals surface area contributed by atoms with Gasteiger partial charge in [-0.2, -0.15) is 0 Å². The lowest BCUT2D eigenvalue weighted by molar-refractivity contribution is 0.0520. The molecule has 0 spiro atoms. The first-order valence-corrected chi connectivity index (χ1v) is 7.17. The summed E-state index contributed by atoms with van der Waals surface area (Å²) >= 11 is 1.33. The summed E-state index contributed by atoms with van der Waals surface area (Å²) in [6.45, 7) is 2.09. The van der Waals surface area contributed by atoms with Gasteiger partial charge in [-0.3, -0.25) is 0 Å². The molecule has 2 rings (SSSR count). The van der Waals surface area contributed by atoms with E-state index in [0.717, 1.165) is 5.69 Å². The Morgan fingerprint density at radius 1 is 1.29 bits per heavy atom. The smallest absolute Gasteiger partial charge is 0.357 e. The lowest BCUT2D eigenvalue weighted by Crippen LogP contribution is -2.05. The number of nitrogens with zero attached hydrogens (tertiary/aromatic N) is 1. The van der Waals surface area contributed by atoms with E-state index in [9.17, 15) is 4.79 Å².